The van der Waals surface area contributed by atoms with Gasteiger partial charge in [0.2, 0.25) is 0 Å². The van der Waals surface area contributed by atoms with Gasteiger partial charge in [0.05, 0.1) is 5.21 Å². The molecule has 1 fully saturated rings. The summed E-state index contributed by atoms with van der Waals surface area (Å²) in [5, 5.41) is 0.124. The zero-order chi connectivity index (χ0) is 13.1. The SMILES string of the molecule is CC(C)(C)OC(=O)N1CCCC1CS(=O)CCl. The van der Waals surface area contributed by atoms with Crippen LogP contribution in [0.3, 0.4) is 0 Å². The van der Waals surface area contributed by atoms with Crippen LogP contribution in [-0.2, 0) is 15.5 Å². The van der Waals surface area contributed by atoms with E-state index in [-0.39, 0.29) is 17.3 Å². The number of rotatable bonds is 3. The minimum absolute atomic E-state index is 0.00410. The van der Waals surface area contributed by atoms with Gasteiger partial charge in [-0.2, -0.15) is 0 Å². The highest BCUT2D eigenvalue weighted by atomic mass is 35.5. The van der Waals surface area contributed by atoms with Crippen molar-refractivity contribution in [3.63, 3.8) is 0 Å². The van der Waals surface area contributed by atoms with Gasteiger partial charge in [-0.3, -0.25) is 4.21 Å². The van der Waals surface area contributed by atoms with Gasteiger partial charge in [0.25, 0.3) is 0 Å². The van der Waals surface area contributed by atoms with Crippen LogP contribution in [0.2, 0.25) is 0 Å². The monoisotopic (exact) mass is 281 g/mol. The van der Waals surface area contributed by atoms with E-state index in [1.54, 1.807) is 4.90 Å². The maximum atomic E-state index is 11.9. The average Bonchev–Trinajstić information content (AvgIpc) is 2.63. The molecule has 0 spiro atoms. The second kappa shape index (κ2) is 6.05. The molecule has 1 heterocycles. The van der Waals surface area contributed by atoms with Gasteiger partial charge in [0, 0.05) is 29.1 Å². The van der Waals surface area contributed by atoms with Crippen molar-refractivity contribution in [1.29, 1.82) is 0 Å². The van der Waals surface area contributed by atoms with Gasteiger partial charge in [-0.25, -0.2) is 4.79 Å². The van der Waals surface area contributed by atoms with Gasteiger partial charge in [0.1, 0.15) is 5.60 Å². The number of ether oxygens (including phenoxy) is 1. The predicted octanol–water partition coefficient (Wildman–Crippen LogP) is 2.33. The van der Waals surface area contributed by atoms with Crippen LogP contribution in [0, 0.1) is 0 Å². The maximum Gasteiger partial charge on any atom is 0.410 e. The van der Waals surface area contributed by atoms with E-state index >= 15 is 0 Å². The quantitative estimate of drug-likeness (QED) is 0.746. The molecular formula is C11H20ClNO3S. The highest BCUT2D eigenvalue weighted by Crippen LogP contribution is 2.21. The Bertz CT molecular complexity index is 304. The van der Waals surface area contributed by atoms with E-state index in [0.717, 1.165) is 12.8 Å². The Kier molecular flexibility index (Phi) is 5.25. The smallest absolute Gasteiger partial charge is 0.410 e. The molecule has 0 aromatic carbocycles. The molecule has 1 saturated heterocycles. The molecule has 0 aliphatic carbocycles. The summed E-state index contributed by atoms with van der Waals surface area (Å²) in [5.41, 5.74) is -0.490. The van der Waals surface area contributed by atoms with E-state index in [0.29, 0.717) is 12.3 Å². The number of halogens is 1. The van der Waals surface area contributed by atoms with E-state index in [1.165, 1.54) is 0 Å². The molecule has 1 rings (SSSR count). The third kappa shape index (κ3) is 4.84. The van der Waals surface area contributed by atoms with Crippen molar-refractivity contribution in [2.24, 2.45) is 0 Å². The van der Waals surface area contributed by atoms with Crippen LogP contribution in [-0.4, -0.2) is 44.4 Å². The number of likely N-dealkylation sites (tertiary alicyclic amines) is 1. The Morgan fingerprint density at radius 2 is 2.18 bits per heavy atom. The molecule has 0 bridgehead atoms. The van der Waals surface area contributed by atoms with E-state index < -0.39 is 16.4 Å². The zero-order valence-electron chi connectivity index (χ0n) is 10.6. The first kappa shape index (κ1) is 14.8. The van der Waals surface area contributed by atoms with E-state index in [1.807, 2.05) is 20.8 Å². The lowest BCUT2D eigenvalue weighted by molar-refractivity contribution is 0.0241. The average molecular weight is 282 g/mol. The Morgan fingerprint density at radius 1 is 1.53 bits per heavy atom. The molecule has 0 radical (unpaired) electrons. The van der Waals surface area contributed by atoms with E-state index in [4.69, 9.17) is 16.3 Å². The molecule has 0 aromatic rings. The highest BCUT2D eigenvalue weighted by Gasteiger charge is 2.32. The summed E-state index contributed by atoms with van der Waals surface area (Å²) in [4.78, 5) is 13.6. The number of carbonyl (C=O) groups excluding carboxylic acids is 1. The fourth-order valence-corrected chi connectivity index (χ4v) is 2.96. The molecule has 1 amide bonds. The topological polar surface area (TPSA) is 46.6 Å². The molecule has 0 aromatic heterocycles. The van der Waals surface area contributed by atoms with Crippen molar-refractivity contribution in [1.82, 2.24) is 4.90 Å². The Labute approximate surface area is 110 Å². The Balaban J connectivity index is 2.57. The van der Waals surface area contributed by atoms with Gasteiger partial charge in [-0.1, -0.05) is 0 Å². The zero-order valence-corrected chi connectivity index (χ0v) is 12.1. The van der Waals surface area contributed by atoms with Crippen molar-refractivity contribution in [3.05, 3.63) is 0 Å². The van der Waals surface area contributed by atoms with Crippen molar-refractivity contribution in [2.45, 2.75) is 45.3 Å². The number of hydrogen-bond donors (Lipinski definition) is 0. The molecule has 6 heteroatoms. The molecular weight excluding hydrogens is 262 g/mol. The minimum Gasteiger partial charge on any atom is -0.444 e. The van der Waals surface area contributed by atoms with Crippen molar-refractivity contribution in [3.8, 4) is 0 Å². The number of carbonyl (C=O) groups is 1. The lowest BCUT2D eigenvalue weighted by Gasteiger charge is -2.28. The summed E-state index contributed by atoms with van der Waals surface area (Å²) in [6.45, 7) is 6.20. The number of alkyl halides is 1. The first-order valence-corrected chi connectivity index (χ1v) is 7.76. The molecule has 2 unspecified atom stereocenters. The van der Waals surface area contributed by atoms with E-state index in [2.05, 4.69) is 0 Å². The second-order valence-corrected chi connectivity index (χ2v) is 7.27. The highest BCUT2D eigenvalue weighted by molar-refractivity contribution is 7.86. The van der Waals surface area contributed by atoms with Crippen LogP contribution in [0.4, 0.5) is 4.79 Å². The van der Waals surface area contributed by atoms with Crippen molar-refractivity contribution in [2.75, 3.05) is 17.5 Å². The van der Waals surface area contributed by atoms with E-state index in [9.17, 15) is 9.00 Å². The van der Waals surface area contributed by atoms with Crippen LogP contribution in [0.5, 0.6) is 0 Å². The molecule has 17 heavy (non-hydrogen) atoms. The van der Waals surface area contributed by atoms with Gasteiger partial charge in [0.15, 0.2) is 0 Å². The van der Waals surface area contributed by atoms with Crippen molar-refractivity contribution >= 4 is 28.5 Å². The molecule has 100 valence electrons. The maximum absolute atomic E-state index is 11.9. The standard InChI is InChI=1S/C11H20ClNO3S/c1-11(2,3)16-10(14)13-6-4-5-9(13)7-17(15)8-12/h9H,4-8H2,1-3H3. The third-order valence-corrected chi connectivity index (χ3v) is 4.24. The van der Waals surface area contributed by atoms with Crippen LogP contribution in [0.25, 0.3) is 0 Å². The fraction of sp³-hybridized carbons (Fsp3) is 0.909. The Morgan fingerprint density at radius 3 is 2.71 bits per heavy atom. The third-order valence-electron chi connectivity index (χ3n) is 2.51. The lowest BCUT2D eigenvalue weighted by atomic mass is 10.2. The van der Waals surface area contributed by atoms with Gasteiger partial charge < -0.3 is 9.64 Å². The molecule has 1 aliphatic heterocycles. The molecule has 0 N–H and O–H groups in total. The van der Waals surface area contributed by atoms with Crippen LogP contribution in [0.1, 0.15) is 33.6 Å². The van der Waals surface area contributed by atoms with Crippen molar-refractivity contribution < 1.29 is 13.7 Å². The largest absolute Gasteiger partial charge is 0.444 e. The summed E-state index contributed by atoms with van der Waals surface area (Å²) >= 11 is 5.53. The van der Waals surface area contributed by atoms with Crippen LogP contribution < -0.4 is 0 Å². The molecule has 2 atom stereocenters. The molecule has 0 saturated carbocycles. The first-order valence-electron chi connectivity index (χ1n) is 5.74. The van der Waals surface area contributed by atoms with Crippen LogP contribution in [0.15, 0.2) is 0 Å². The minimum atomic E-state index is -1.06. The summed E-state index contributed by atoms with van der Waals surface area (Å²) in [6.07, 6.45) is 1.50. The summed E-state index contributed by atoms with van der Waals surface area (Å²) in [6, 6.07) is 0.00410. The molecule has 4 nitrogen and oxygen atoms in total. The normalized spacial score (nSPS) is 22.6. The lowest BCUT2D eigenvalue weighted by Crippen LogP contribution is -2.42. The molecule has 1 aliphatic rings. The number of nitrogens with zero attached hydrogens (tertiary/aromatic N) is 1. The van der Waals surface area contributed by atoms with Crippen LogP contribution >= 0.6 is 11.6 Å². The number of hydrogen-bond acceptors (Lipinski definition) is 3. The predicted molar refractivity (Wildman–Crippen MR) is 69.7 cm³/mol. The van der Waals surface area contributed by atoms with Gasteiger partial charge in [-0.15, -0.1) is 11.6 Å². The van der Waals surface area contributed by atoms with Gasteiger partial charge in [-0.05, 0) is 33.6 Å². The summed E-state index contributed by atoms with van der Waals surface area (Å²) in [7, 11) is -1.06. The summed E-state index contributed by atoms with van der Waals surface area (Å²) in [5.74, 6) is 0.447. The number of amides is 1. The summed E-state index contributed by atoms with van der Waals surface area (Å²) < 4.78 is 16.7. The fourth-order valence-electron chi connectivity index (χ4n) is 1.83. The Hall–Kier alpha value is -0.290. The first-order chi connectivity index (χ1) is 7.83. The van der Waals surface area contributed by atoms with Gasteiger partial charge >= 0.3 is 6.09 Å². The second-order valence-electron chi connectivity index (χ2n) is 5.19.